The lowest BCUT2D eigenvalue weighted by atomic mass is 9.92. The quantitative estimate of drug-likeness (QED) is 0.168. The molecule has 1 aliphatic heterocycles. The van der Waals surface area contributed by atoms with E-state index in [1.807, 2.05) is 31.2 Å². The molecule has 186 valence electrons. The van der Waals surface area contributed by atoms with E-state index in [9.17, 15) is 4.79 Å². The van der Waals surface area contributed by atoms with Gasteiger partial charge in [-0.25, -0.2) is 0 Å². The number of likely N-dealkylation sites (tertiary alicyclic amines) is 1. The topological polar surface area (TPSA) is 85.7 Å². The maximum atomic E-state index is 11.0. The van der Waals surface area contributed by atoms with Crippen LogP contribution in [-0.2, 0) is 9.53 Å². The number of rotatable bonds is 12. The third kappa shape index (κ3) is 12.3. The second kappa shape index (κ2) is 17.7. The van der Waals surface area contributed by atoms with Crippen molar-refractivity contribution in [1.82, 2.24) is 10.2 Å². The van der Waals surface area contributed by atoms with E-state index in [1.54, 1.807) is 7.05 Å². The molecule has 2 atom stereocenters. The molecule has 2 unspecified atom stereocenters. The minimum absolute atomic E-state index is 0.0462. The van der Waals surface area contributed by atoms with Gasteiger partial charge in [-0.15, -0.1) is 11.6 Å². The third-order valence-corrected chi connectivity index (χ3v) is 6.24. The number of likely N-dealkylation sites (N-methyl/N-ethyl adjacent to an activating group) is 1. The maximum absolute atomic E-state index is 11.0. The number of nitrogens with zero attached hydrogens (tertiary/aromatic N) is 1. The summed E-state index contributed by atoms with van der Waals surface area (Å²) in [6.07, 6.45) is 17.5. The van der Waals surface area contributed by atoms with Crippen LogP contribution >= 0.6 is 11.6 Å². The zero-order chi connectivity index (χ0) is 24.5. The molecule has 0 aromatic carbocycles. The van der Waals surface area contributed by atoms with E-state index >= 15 is 0 Å². The number of alkyl halides is 1. The fourth-order valence-electron chi connectivity index (χ4n) is 3.79. The van der Waals surface area contributed by atoms with Crippen LogP contribution in [0.5, 0.6) is 0 Å². The van der Waals surface area contributed by atoms with Gasteiger partial charge < -0.3 is 25.5 Å². The van der Waals surface area contributed by atoms with E-state index in [-0.39, 0.29) is 18.1 Å². The number of aliphatic hydroxyl groups excluding tert-OH is 1. The number of piperidine rings is 1. The Kier molecular flexibility index (Phi) is 15.7. The first kappa shape index (κ1) is 29.3. The zero-order valence-corrected chi connectivity index (χ0v) is 21.2. The predicted molar refractivity (Wildman–Crippen MR) is 138 cm³/mol. The summed E-state index contributed by atoms with van der Waals surface area (Å²) in [7, 11) is 1.80. The molecular weight excluding hydrogens is 438 g/mol. The lowest BCUT2D eigenvalue weighted by molar-refractivity contribution is -0.104. The molecule has 0 aromatic rings. The van der Waals surface area contributed by atoms with E-state index < -0.39 is 0 Å². The SMILES string of the molecule is CC1=CC(OCCCC2CCN(/C(C)=C/CC(Cl)C=N)CC2)C=CC=C1C=O.CNCCO. The van der Waals surface area contributed by atoms with Crippen LogP contribution in [0.4, 0.5) is 0 Å². The van der Waals surface area contributed by atoms with E-state index in [0.717, 1.165) is 55.9 Å². The van der Waals surface area contributed by atoms with Crippen LogP contribution < -0.4 is 5.32 Å². The molecule has 1 fully saturated rings. The van der Waals surface area contributed by atoms with Crippen LogP contribution in [0.1, 0.15) is 46.0 Å². The zero-order valence-electron chi connectivity index (χ0n) is 20.4. The van der Waals surface area contributed by atoms with Gasteiger partial charge in [0.2, 0.25) is 0 Å². The summed E-state index contributed by atoms with van der Waals surface area (Å²) in [6.45, 7) is 7.96. The molecule has 3 N–H and O–H groups in total. The molecule has 2 rings (SSSR count). The van der Waals surface area contributed by atoms with Crippen molar-refractivity contribution in [3.05, 3.63) is 47.2 Å². The van der Waals surface area contributed by atoms with Crippen molar-refractivity contribution in [3.8, 4) is 0 Å². The normalized spacial score (nSPS) is 20.2. The standard InChI is InChI=1S/C23H33ClN2O2.C3H9NO/c1-18-15-23(7-3-6-21(18)17-27)28-14-4-5-20-10-12-26(13-11-20)19(2)8-9-22(24)16-25;1-4-2-3-5/h3,6-8,15-17,20,22-23,25H,4-5,9-14H2,1-2H3;4-5H,2-3H2,1H3/b19-8+,25-16?;. The number of carbonyl (C=O) groups is 1. The van der Waals surface area contributed by atoms with Gasteiger partial charge in [0.05, 0.1) is 18.1 Å². The third-order valence-electron chi connectivity index (χ3n) is 5.93. The average Bonchev–Trinajstić information content (AvgIpc) is 3.01. The predicted octanol–water partition coefficient (Wildman–Crippen LogP) is 4.25. The first-order chi connectivity index (χ1) is 15.9. The molecule has 0 spiro atoms. The molecule has 0 radical (unpaired) electrons. The highest BCUT2D eigenvalue weighted by Crippen LogP contribution is 2.25. The summed E-state index contributed by atoms with van der Waals surface area (Å²) in [4.78, 5) is 13.4. The molecule has 33 heavy (non-hydrogen) atoms. The summed E-state index contributed by atoms with van der Waals surface area (Å²) in [5.74, 6) is 0.764. The average molecular weight is 480 g/mol. The Bertz CT molecular complexity index is 693. The highest BCUT2D eigenvalue weighted by atomic mass is 35.5. The van der Waals surface area contributed by atoms with Crippen LogP contribution in [0, 0.1) is 11.3 Å². The summed E-state index contributed by atoms with van der Waals surface area (Å²) in [6, 6.07) is 0. The molecular formula is C26H42ClN3O3. The van der Waals surface area contributed by atoms with Crippen molar-refractivity contribution in [3.63, 3.8) is 0 Å². The smallest absolute Gasteiger partial charge is 0.150 e. The fourth-order valence-corrected chi connectivity index (χ4v) is 3.88. The number of aldehydes is 1. The highest BCUT2D eigenvalue weighted by Gasteiger charge is 2.19. The van der Waals surface area contributed by atoms with Gasteiger partial charge in [-0.05, 0) is 70.6 Å². The van der Waals surface area contributed by atoms with Gasteiger partial charge >= 0.3 is 0 Å². The molecule has 1 saturated heterocycles. The fraction of sp³-hybridized carbons (Fsp3) is 0.615. The summed E-state index contributed by atoms with van der Waals surface area (Å²) < 4.78 is 5.98. The van der Waals surface area contributed by atoms with Gasteiger partial charge in [0.15, 0.2) is 0 Å². The van der Waals surface area contributed by atoms with Gasteiger partial charge in [-0.2, -0.15) is 0 Å². The van der Waals surface area contributed by atoms with E-state index in [4.69, 9.17) is 26.9 Å². The number of nitrogens with one attached hydrogen (secondary N) is 2. The van der Waals surface area contributed by atoms with E-state index in [1.165, 1.54) is 31.2 Å². The van der Waals surface area contributed by atoms with Crippen molar-refractivity contribution in [2.45, 2.75) is 57.4 Å². The molecule has 1 aliphatic carbocycles. The molecule has 0 saturated carbocycles. The first-order valence-corrected chi connectivity index (χ1v) is 12.3. The number of allylic oxidation sites excluding steroid dienone is 6. The Morgan fingerprint density at radius 2 is 2.15 bits per heavy atom. The number of hydrogen-bond donors (Lipinski definition) is 3. The number of aliphatic hydroxyl groups is 1. The Morgan fingerprint density at radius 3 is 2.73 bits per heavy atom. The monoisotopic (exact) mass is 479 g/mol. The summed E-state index contributed by atoms with van der Waals surface area (Å²) >= 11 is 5.99. The molecule has 7 heteroatoms. The van der Waals surface area contributed by atoms with Crippen LogP contribution in [0.25, 0.3) is 0 Å². The van der Waals surface area contributed by atoms with Gasteiger partial charge in [-0.1, -0.05) is 24.3 Å². The number of hydrogen-bond acceptors (Lipinski definition) is 6. The molecule has 6 nitrogen and oxygen atoms in total. The molecule has 1 heterocycles. The second-order valence-electron chi connectivity index (χ2n) is 8.47. The van der Waals surface area contributed by atoms with E-state index in [0.29, 0.717) is 6.54 Å². The van der Waals surface area contributed by atoms with Crippen molar-refractivity contribution in [2.24, 2.45) is 5.92 Å². The van der Waals surface area contributed by atoms with Gasteiger partial charge in [-0.3, -0.25) is 4.79 Å². The Labute approximate surface area is 204 Å². The van der Waals surface area contributed by atoms with Crippen molar-refractivity contribution in [2.75, 3.05) is 39.9 Å². The van der Waals surface area contributed by atoms with Gasteiger partial charge in [0, 0.05) is 43.7 Å². The lowest BCUT2D eigenvalue weighted by Crippen LogP contribution is -2.32. The Balaban J connectivity index is 0.000000981. The Morgan fingerprint density at radius 1 is 1.42 bits per heavy atom. The number of ether oxygens (including phenoxy) is 1. The summed E-state index contributed by atoms with van der Waals surface area (Å²) in [5, 5.41) is 17.7. The van der Waals surface area contributed by atoms with Crippen molar-refractivity contribution < 1.29 is 14.6 Å². The van der Waals surface area contributed by atoms with Crippen LogP contribution in [-0.4, -0.2) is 73.9 Å². The largest absolute Gasteiger partial charge is 0.395 e. The van der Waals surface area contributed by atoms with Crippen LogP contribution in [0.2, 0.25) is 0 Å². The van der Waals surface area contributed by atoms with Crippen molar-refractivity contribution >= 4 is 24.1 Å². The minimum atomic E-state index is -0.199. The number of halogens is 1. The van der Waals surface area contributed by atoms with Gasteiger partial charge in [0.25, 0.3) is 0 Å². The molecule has 0 bridgehead atoms. The molecule has 2 aliphatic rings. The second-order valence-corrected chi connectivity index (χ2v) is 9.03. The van der Waals surface area contributed by atoms with Crippen molar-refractivity contribution in [1.29, 1.82) is 5.41 Å². The first-order valence-electron chi connectivity index (χ1n) is 11.9. The van der Waals surface area contributed by atoms with Crippen LogP contribution in [0.15, 0.2) is 47.2 Å². The van der Waals surface area contributed by atoms with Crippen LogP contribution in [0.3, 0.4) is 0 Å². The van der Waals surface area contributed by atoms with Gasteiger partial charge in [0.1, 0.15) is 6.29 Å². The Hall–Kier alpha value is -1.73. The lowest BCUT2D eigenvalue weighted by Gasteiger charge is -2.34. The number of carbonyl (C=O) groups excluding carboxylic acids is 1. The molecule has 0 amide bonds. The molecule has 0 aromatic heterocycles. The maximum Gasteiger partial charge on any atom is 0.150 e. The minimum Gasteiger partial charge on any atom is -0.395 e. The van der Waals surface area contributed by atoms with E-state index in [2.05, 4.69) is 23.2 Å². The summed E-state index contributed by atoms with van der Waals surface area (Å²) in [5.41, 5.74) is 2.97. The highest BCUT2D eigenvalue weighted by molar-refractivity contribution is 6.27.